The SMILES string of the molecule is CC(C)OCc1nn(CC2CC2)c2c1CN(CCO)CC2. The maximum absolute atomic E-state index is 9.16. The number of nitrogens with zero attached hydrogens (tertiary/aromatic N) is 3. The smallest absolute Gasteiger partial charge is 0.0929 e. The highest BCUT2D eigenvalue weighted by molar-refractivity contribution is 5.28. The predicted molar refractivity (Wildman–Crippen MR) is 80.9 cm³/mol. The second-order valence-corrected chi connectivity index (χ2v) is 6.61. The molecule has 0 aromatic carbocycles. The zero-order valence-electron chi connectivity index (χ0n) is 13.2. The van der Waals surface area contributed by atoms with Crippen molar-refractivity contribution in [2.24, 2.45) is 5.92 Å². The van der Waals surface area contributed by atoms with Crippen LogP contribution in [-0.4, -0.2) is 45.6 Å². The number of aliphatic hydroxyl groups is 1. The summed E-state index contributed by atoms with van der Waals surface area (Å²) in [5.74, 6) is 0.836. The van der Waals surface area contributed by atoms with Gasteiger partial charge in [-0.3, -0.25) is 9.58 Å². The minimum Gasteiger partial charge on any atom is -0.395 e. The Morgan fingerprint density at radius 1 is 1.38 bits per heavy atom. The van der Waals surface area contributed by atoms with Gasteiger partial charge >= 0.3 is 0 Å². The summed E-state index contributed by atoms with van der Waals surface area (Å²) in [6, 6.07) is 0. The van der Waals surface area contributed by atoms with Crippen LogP contribution in [0.4, 0.5) is 0 Å². The predicted octanol–water partition coefficient (Wildman–Crippen LogP) is 1.57. The van der Waals surface area contributed by atoms with E-state index in [1.54, 1.807) is 0 Å². The van der Waals surface area contributed by atoms with Gasteiger partial charge in [0.25, 0.3) is 0 Å². The van der Waals surface area contributed by atoms with Gasteiger partial charge in [0.2, 0.25) is 0 Å². The zero-order chi connectivity index (χ0) is 14.8. The van der Waals surface area contributed by atoms with Gasteiger partial charge in [-0.05, 0) is 32.6 Å². The molecule has 1 saturated carbocycles. The second-order valence-electron chi connectivity index (χ2n) is 6.61. The van der Waals surface area contributed by atoms with Crippen molar-refractivity contribution < 1.29 is 9.84 Å². The molecule has 0 unspecified atom stereocenters. The summed E-state index contributed by atoms with van der Waals surface area (Å²) in [6.07, 6.45) is 3.97. The molecule has 0 bridgehead atoms. The number of β-amino-alcohol motifs (C(OH)–C–C–N with tert-alkyl or cyclic N) is 1. The van der Waals surface area contributed by atoms with Crippen LogP contribution < -0.4 is 0 Å². The summed E-state index contributed by atoms with van der Waals surface area (Å²) < 4.78 is 8.02. The number of aliphatic hydroxyl groups excluding tert-OH is 1. The number of fused-ring (bicyclic) bond motifs is 1. The highest BCUT2D eigenvalue weighted by Crippen LogP contribution is 2.32. The number of ether oxygens (including phenoxy) is 1. The van der Waals surface area contributed by atoms with Gasteiger partial charge in [-0.25, -0.2) is 0 Å². The van der Waals surface area contributed by atoms with E-state index in [4.69, 9.17) is 14.9 Å². The summed E-state index contributed by atoms with van der Waals surface area (Å²) >= 11 is 0. The normalized spacial score (nSPS) is 19.2. The molecule has 5 nitrogen and oxygen atoms in total. The molecule has 5 heteroatoms. The number of aromatic nitrogens is 2. The molecule has 1 aliphatic carbocycles. The van der Waals surface area contributed by atoms with E-state index >= 15 is 0 Å². The van der Waals surface area contributed by atoms with E-state index in [0.29, 0.717) is 6.61 Å². The lowest BCUT2D eigenvalue weighted by molar-refractivity contribution is 0.0622. The van der Waals surface area contributed by atoms with Crippen LogP contribution in [0.2, 0.25) is 0 Å². The van der Waals surface area contributed by atoms with Gasteiger partial charge in [0.15, 0.2) is 0 Å². The monoisotopic (exact) mass is 293 g/mol. The molecule has 0 atom stereocenters. The van der Waals surface area contributed by atoms with Gasteiger partial charge in [-0.1, -0.05) is 0 Å². The van der Waals surface area contributed by atoms with Crippen LogP contribution in [-0.2, 0) is 30.9 Å². The summed E-state index contributed by atoms with van der Waals surface area (Å²) in [7, 11) is 0. The molecule has 1 N–H and O–H groups in total. The standard InChI is InChI=1S/C16H27N3O2/c1-12(2)21-11-15-14-10-18(7-8-20)6-5-16(14)19(17-15)9-13-3-4-13/h12-13,20H,3-11H2,1-2H3. The Kier molecular flexibility index (Phi) is 4.62. The fraction of sp³-hybridized carbons (Fsp3) is 0.812. The molecule has 118 valence electrons. The summed E-state index contributed by atoms with van der Waals surface area (Å²) in [5, 5.41) is 14.0. The van der Waals surface area contributed by atoms with Gasteiger partial charge in [0.05, 0.1) is 25.0 Å². The van der Waals surface area contributed by atoms with Crippen molar-refractivity contribution in [3.05, 3.63) is 17.0 Å². The molecule has 1 aromatic rings. The lowest BCUT2D eigenvalue weighted by atomic mass is 10.1. The Bertz CT molecular complexity index is 480. The Morgan fingerprint density at radius 3 is 2.86 bits per heavy atom. The molecule has 0 radical (unpaired) electrons. The van der Waals surface area contributed by atoms with Crippen molar-refractivity contribution in [1.82, 2.24) is 14.7 Å². The quantitative estimate of drug-likeness (QED) is 0.829. The average molecular weight is 293 g/mol. The Balaban J connectivity index is 1.79. The zero-order valence-corrected chi connectivity index (χ0v) is 13.2. The average Bonchev–Trinajstić information content (AvgIpc) is 3.20. The second kappa shape index (κ2) is 6.46. The van der Waals surface area contributed by atoms with E-state index in [1.165, 1.54) is 24.1 Å². The molecular formula is C16H27N3O2. The van der Waals surface area contributed by atoms with E-state index in [1.807, 2.05) is 0 Å². The minimum atomic E-state index is 0.226. The molecule has 1 aliphatic heterocycles. The van der Waals surface area contributed by atoms with Crippen LogP contribution in [0.1, 0.15) is 43.6 Å². The van der Waals surface area contributed by atoms with Gasteiger partial charge in [0, 0.05) is 43.9 Å². The molecule has 2 aliphatic rings. The first kappa shape index (κ1) is 15.0. The number of rotatable bonds is 7. The fourth-order valence-electron chi connectivity index (χ4n) is 3.01. The van der Waals surface area contributed by atoms with E-state index in [9.17, 15) is 0 Å². The molecule has 21 heavy (non-hydrogen) atoms. The van der Waals surface area contributed by atoms with Crippen LogP contribution in [0.3, 0.4) is 0 Å². The van der Waals surface area contributed by atoms with Gasteiger partial charge in [-0.2, -0.15) is 5.10 Å². The number of hydrogen-bond donors (Lipinski definition) is 1. The van der Waals surface area contributed by atoms with Crippen LogP contribution >= 0.6 is 0 Å². The van der Waals surface area contributed by atoms with Crippen LogP contribution in [0.15, 0.2) is 0 Å². The van der Waals surface area contributed by atoms with Crippen molar-refractivity contribution >= 4 is 0 Å². The Morgan fingerprint density at radius 2 is 2.19 bits per heavy atom. The van der Waals surface area contributed by atoms with E-state index in [0.717, 1.165) is 44.2 Å². The lowest BCUT2D eigenvalue weighted by Crippen LogP contribution is -2.33. The molecule has 0 spiro atoms. The molecule has 3 rings (SSSR count). The third-order valence-electron chi connectivity index (χ3n) is 4.39. The molecule has 2 heterocycles. The molecule has 1 aromatic heterocycles. The van der Waals surface area contributed by atoms with Crippen molar-refractivity contribution in [1.29, 1.82) is 0 Å². The van der Waals surface area contributed by atoms with Gasteiger partial charge in [-0.15, -0.1) is 0 Å². The Labute approximate surface area is 126 Å². The van der Waals surface area contributed by atoms with Gasteiger partial charge in [0.1, 0.15) is 0 Å². The Hall–Kier alpha value is -0.910. The first-order valence-corrected chi connectivity index (χ1v) is 8.19. The summed E-state index contributed by atoms with van der Waals surface area (Å²) in [6.45, 7) is 8.69. The maximum atomic E-state index is 9.16. The maximum Gasteiger partial charge on any atom is 0.0929 e. The highest BCUT2D eigenvalue weighted by Gasteiger charge is 2.28. The third kappa shape index (κ3) is 3.65. The van der Waals surface area contributed by atoms with Crippen molar-refractivity contribution in [2.45, 2.75) is 58.9 Å². The van der Waals surface area contributed by atoms with Crippen molar-refractivity contribution in [2.75, 3.05) is 19.7 Å². The molecule has 1 fully saturated rings. The van der Waals surface area contributed by atoms with E-state index in [2.05, 4.69) is 23.4 Å². The lowest BCUT2D eigenvalue weighted by Gasteiger charge is -2.27. The van der Waals surface area contributed by atoms with Gasteiger partial charge < -0.3 is 9.84 Å². The van der Waals surface area contributed by atoms with Crippen molar-refractivity contribution in [3.63, 3.8) is 0 Å². The van der Waals surface area contributed by atoms with Crippen LogP contribution in [0, 0.1) is 5.92 Å². The highest BCUT2D eigenvalue weighted by atomic mass is 16.5. The van der Waals surface area contributed by atoms with Crippen molar-refractivity contribution in [3.8, 4) is 0 Å². The molecule has 0 saturated heterocycles. The number of hydrogen-bond acceptors (Lipinski definition) is 4. The van der Waals surface area contributed by atoms with E-state index in [-0.39, 0.29) is 12.7 Å². The third-order valence-corrected chi connectivity index (χ3v) is 4.39. The van der Waals surface area contributed by atoms with E-state index < -0.39 is 0 Å². The fourth-order valence-corrected chi connectivity index (χ4v) is 3.01. The molecular weight excluding hydrogens is 266 g/mol. The minimum absolute atomic E-state index is 0.226. The summed E-state index contributed by atoms with van der Waals surface area (Å²) in [5.41, 5.74) is 3.84. The first-order chi connectivity index (χ1) is 10.2. The first-order valence-electron chi connectivity index (χ1n) is 8.19. The largest absolute Gasteiger partial charge is 0.395 e. The van der Waals surface area contributed by atoms with Crippen LogP contribution in [0.5, 0.6) is 0 Å². The molecule has 0 amide bonds. The van der Waals surface area contributed by atoms with Crippen LogP contribution in [0.25, 0.3) is 0 Å². The topological polar surface area (TPSA) is 50.5 Å². The summed E-state index contributed by atoms with van der Waals surface area (Å²) in [4.78, 5) is 2.31.